The molecule has 0 bridgehead atoms. The lowest BCUT2D eigenvalue weighted by atomic mass is 10.1. The molecule has 0 aromatic rings. The molecule has 0 saturated carbocycles. The number of hydrogen-bond acceptors (Lipinski definition) is 3. The molecule has 0 unspecified atom stereocenters. The van der Waals surface area contributed by atoms with Crippen molar-refractivity contribution in [3.63, 3.8) is 0 Å². The van der Waals surface area contributed by atoms with Gasteiger partial charge in [-0.1, -0.05) is 55.5 Å². The molecule has 0 amide bonds. The van der Waals surface area contributed by atoms with E-state index < -0.39 is 18.2 Å². The Hall–Kier alpha value is -1.65. The number of allylic oxidation sites excluding steroid dienone is 7. The van der Waals surface area contributed by atoms with Crippen molar-refractivity contribution in [2.24, 2.45) is 0 Å². The van der Waals surface area contributed by atoms with E-state index >= 15 is 0 Å². The molecule has 0 saturated heterocycles. The highest BCUT2D eigenvalue weighted by molar-refractivity contribution is 5.66. The molecule has 4 nitrogen and oxygen atoms in total. The molecule has 136 valence electrons. The predicted octanol–water partition coefficient (Wildman–Crippen LogP) is 4.16. The average molecular weight is 336 g/mol. The third-order valence-corrected chi connectivity index (χ3v) is 3.48. The summed E-state index contributed by atoms with van der Waals surface area (Å²) >= 11 is 0. The van der Waals surface area contributed by atoms with E-state index in [1.54, 1.807) is 0 Å². The van der Waals surface area contributed by atoms with Crippen LogP contribution in [0, 0.1) is 0 Å². The molecule has 0 spiro atoms. The summed E-state index contributed by atoms with van der Waals surface area (Å²) in [5, 5.41) is 27.5. The lowest BCUT2D eigenvalue weighted by Gasteiger charge is -2.13. The lowest BCUT2D eigenvalue weighted by Crippen LogP contribution is -2.23. The summed E-state index contributed by atoms with van der Waals surface area (Å²) in [5.74, 6) is -0.736. The molecule has 3 N–H and O–H groups in total. The van der Waals surface area contributed by atoms with Crippen LogP contribution in [0.1, 0.15) is 58.3 Å². The van der Waals surface area contributed by atoms with Crippen LogP contribution < -0.4 is 0 Å². The quantitative estimate of drug-likeness (QED) is 0.329. The highest BCUT2D eigenvalue weighted by Gasteiger charge is 2.11. The van der Waals surface area contributed by atoms with E-state index in [1.807, 2.05) is 25.2 Å². The summed E-state index contributed by atoms with van der Waals surface area (Å²) < 4.78 is 0. The number of aliphatic hydroxyl groups excluding tert-OH is 2. The maximum Gasteiger partial charge on any atom is 0.303 e. The second-order valence-corrected chi connectivity index (χ2v) is 5.66. The second-order valence-electron chi connectivity index (χ2n) is 5.66. The van der Waals surface area contributed by atoms with E-state index in [2.05, 4.69) is 30.4 Å². The monoisotopic (exact) mass is 336 g/mol. The van der Waals surface area contributed by atoms with Gasteiger partial charge in [-0.2, -0.15) is 0 Å². The van der Waals surface area contributed by atoms with Crippen LogP contribution in [0.2, 0.25) is 0 Å². The van der Waals surface area contributed by atoms with Gasteiger partial charge in [-0.15, -0.1) is 0 Å². The molecule has 24 heavy (non-hydrogen) atoms. The van der Waals surface area contributed by atoms with Crippen molar-refractivity contribution >= 4 is 5.97 Å². The molecule has 0 radical (unpaired) electrons. The van der Waals surface area contributed by atoms with Gasteiger partial charge >= 0.3 is 5.97 Å². The van der Waals surface area contributed by atoms with Crippen LogP contribution >= 0.6 is 0 Å². The van der Waals surface area contributed by atoms with Crippen LogP contribution in [0.5, 0.6) is 0 Å². The van der Waals surface area contributed by atoms with E-state index in [-0.39, 0.29) is 6.42 Å². The van der Waals surface area contributed by atoms with E-state index in [1.165, 1.54) is 0 Å². The Bertz CT molecular complexity index is 421. The first kappa shape index (κ1) is 22.4. The van der Waals surface area contributed by atoms with Crippen LogP contribution in [0.25, 0.3) is 0 Å². The fraction of sp³-hybridized carbons (Fsp3) is 0.550. The van der Waals surface area contributed by atoms with Gasteiger partial charge in [0.2, 0.25) is 0 Å². The average Bonchev–Trinajstić information content (AvgIpc) is 2.57. The van der Waals surface area contributed by atoms with Gasteiger partial charge in [0.15, 0.2) is 0 Å². The minimum Gasteiger partial charge on any atom is -0.481 e. The van der Waals surface area contributed by atoms with E-state index in [4.69, 9.17) is 5.11 Å². The lowest BCUT2D eigenvalue weighted by molar-refractivity contribution is -0.137. The van der Waals surface area contributed by atoms with Gasteiger partial charge in [-0.25, -0.2) is 0 Å². The smallest absolute Gasteiger partial charge is 0.303 e. The first-order chi connectivity index (χ1) is 11.6. The summed E-state index contributed by atoms with van der Waals surface area (Å²) in [6, 6.07) is 0. The second kappa shape index (κ2) is 16.2. The van der Waals surface area contributed by atoms with Crippen molar-refractivity contribution in [2.75, 3.05) is 0 Å². The van der Waals surface area contributed by atoms with Crippen LogP contribution in [0.3, 0.4) is 0 Å². The van der Waals surface area contributed by atoms with Gasteiger partial charge in [0.1, 0.15) is 0 Å². The number of unbranched alkanes of at least 4 members (excludes halogenated alkanes) is 1. The molecule has 2 atom stereocenters. The number of rotatable bonds is 14. The van der Waals surface area contributed by atoms with Crippen molar-refractivity contribution in [3.05, 3.63) is 48.6 Å². The summed E-state index contributed by atoms with van der Waals surface area (Å²) in [7, 11) is 0. The molecule has 0 aliphatic carbocycles. The van der Waals surface area contributed by atoms with Crippen molar-refractivity contribution in [2.45, 2.75) is 70.5 Å². The number of aliphatic carboxylic acids is 1. The summed E-state index contributed by atoms with van der Waals surface area (Å²) in [5.41, 5.74) is 0. The number of carbonyl (C=O) groups is 1. The molecule has 0 aliphatic rings. The topological polar surface area (TPSA) is 77.8 Å². The molecule has 4 heteroatoms. The number of carboxylic acid groups (broad SMARTS) is 1. The Morgan fingerprint density at radius 1 is 0.833 bits per heavy atom. The summed E-state index contributed by atoms with van der Waals surface area (Å²) in [6.45, 7) is 1.85. The van der Waals surface area contributed by atoms with Gasteiger partial charge < -0.3 is 15.3 Å². The Balaban J connectivity index is 3.57. The van der Waals surface area contributed by atoms with Crippen LogP contribution in [-0.2, 0) is 4.79 Å². The highest BCUT2D eigenvalue weighted by atomic mass is 16.4. The Morgan fingerprint density at radius 3 is 1.83 bits per heavy atom. The fourth-order valence-corrected chi connectivity index (χ4v) is 1.97. The summed E-state index contributed by atoms with van der Waals surface area (Å²) in [6.07, 6.45) is 20.4. The third kappa shape index (κ3) is 15.3. The zero-order valence-corrected chi connectivity index (χ0v) is 14.7. The first-order valence-electron chi connectivity index (χ1n) is 8.75. The van der Waals surface area contributed by atoms with Crippen LogP contribution in [0.15, 0.2) is 48.6 Å². The standard InChI is InChI=1S/C20H32O4/c1-2-18(21)19(22)16-14-12-10-8-6-4-3-5-7-9-11-13-15-17-20(23)24/h3,5-6,8-9,11-12,14,18-19,21-22H,2,4,7,10,13,15-17H2,1H3,(H,23,24)/b5-3+,8-6-,11-9-,14-12-/t18-,19-/m1/s1. The predicted molar refractivity (Wildman–Crippen MR) is 98.8 cm³/mol. The normalized spacial score (nSPS) is 15.1. The maximum absolute atomic E-state index is 10.3. The molecule has 0 aliphatic heterocycles. The number of aliphatic hydroxyl groups is 2. The summed E-state index contributed by atoms with van der Waals surface area (Å²) in [4.78, 5) is 10.3. The van der Waals surface area contributed by atoms with Crippen molar-refractivity contribution < 1.29 is 20.1 Å². The minimum atomic E-state index is -0.736. The van der Waals surface area contributed by atoms with Crippen LogP contribution in [0.4, 0.5) is 0 Å². The van der Waals surface area contributed by atoms with Gasteiger partial charge in [-0.3, -0.25) is 4.79 Å². The third-order valence-electron chi connectivity index (χ3n) is 3.48. The zero-order chi connectivity index (χ0) is 18.0. The highest BCUT2D eigenvalue weighted by Crippen LogP contribution is 2.04. The van der Waals surface area contributed by atoms with Gasteiger partial charge in [0, 0.05) is 6.42 Å². The van der Waals surface area contributed by atoms with Gasteiger partial charge in [-0.05, 0) is 44.9 Å². The van der Waals surface area contributed by atoms with Crippen molar-refractivity contribution in [1.82, 2.24) is 0 Å². The maximum atomic E-state index is 10.3. The Morgan fingerprint density at radius 2 is 1.33 bits per heavy atom. The molecule has 0 heterocycles. The van der Waals surface area contributed by atoms with E-state index in [0.29, 0.717) is 19.3 Å². The molecule has 0 aromatic carbocycles. The van der Waals surface area contributed by atoms with Crippen LogP contribution in [-0.4, -0.2) is 33.5 Å². The zero-order valence-electron chi connectivity index (χ0n) is 14.7. The van der Waals surface area contributed by atoms with Crippen molar-refractivity contribution in [1.29, 1.82) is 0 Å². The van der Waals surface area contributed by atoms with Crippen molar-refractivity contribution in [3.8, 4) is 0 Å². The molecular formula is C20H32O4. The number of carboxylic acids is 1. The first-order valence-corrected chi connectivity index (χ1v) is 8.75. The van der Waals surface area contributed by atoms with Gasteiger partial charge in [0.25, 0.3) is 0 Å². The van der Waals surface area contributed by atoms with Gasteiger partial charge in [0.05, 0.1) is 12.2 Å². The largest absolute Gasteiger partial charge is 0.481 e. The van der Waals surface area contributed by atoms with E-state index in [9.17, 15) is 15.0 Å². The number of hydrogen-bond donors (Lipinski definition) is 3. The molecule has 0 aromatic heterocycles. The molecule has 0 fully saturated rings. The fourth-order valence-electron chi connectivity index (χ4n) is 1.97. The Labute approximate surface area is 145 Å². The minimum absolute atomic E-state index is 0.234. The SMILES string of the molecule is CC[C@@H](O)[C@H](O)C/C=C\C/C=C\C/C=C/C/C=C\CCCC(=O)O. The molecule has 0 rings (SSSR count). The molecular weight excluding hydrogens is 304 g/mol. The Kier molecular flexibility index (Phi) is 15.1. The van der Waals surface area contributed by atoms with E-state index in [0.717, 1.165) is 25.7 Å².